The van der Waals surface area contributed by atoms with Crippen LogP contribution in [0.25, 0.3) is 5.69 Å². The van der Waals surface area contributed by atoms with Gasteiger partial charge < -0.3 is 5.11 Å². The fraction of sp³-hybridized carbons (Fsp3) is 0. The molecule has 0 atom stereocenters. The molecule has 0 fully saturated rings. The number of halogens is 2. The number of benzene rings is 1. The molecular formula is C9H5Cl2N3O2. The van der Waals surface area contributed by atoms with Crippen LogP contribution in [0.2, 0.25) is 10.2 Å². The third-order valence-corrected chi connectivity index (χ3v) is 2.31. The van der Waals surface area contributed by atoms with Crippen molar-refractivity contribution in [2.75, 3.05) is 0 Å². The number of aromatic carboxylic acids is 1. The molecule has 0 spiro atoms. The summed E-state index contributed by atoms with van der Waals surface area (Å²) in [5.74, 6) is -1.09. The van der Waals surface area contributed by atoms with Gasteiger partial charge in [0.05, 0.1) is 17.4 Å². The number of nitrogens with zero attached hydrogens (tertiary/aromatic N) is 3. The van der Waals surface area contributed by atoms with Crippen molar-refractivity contribution in [1.29, 1.82) is 0 Å². The van der Waals surface area contributed by atoms with Crippen LogP contribution in [-0.2, 0) is 0 Å². The molecule has 0 saturated heterocycles. The molecule has 1 heterocycles. The molecule has 0 aliphatic rings. The maximum atomic E-state index is 11.0. The minimum Gasteiger partial charge on any atom is -0.478 e. The topological polar surface area (TPSA) is 68.0 Å². The third kappa shape index (κ3) is 2.00. The second-order valence-electron chi connectivity index (χ2n) is 2.95. The Morgan fingerprint density at radius 2 is 2.12 bits per heavy atom. The summed E-state index contributed by atoms with van der Waals surface area (Å²) in [6.07, 6.45) is 1.41. The number of carboxylic acids is 1. The molecule has 0 unspecified atom stereocenters. The molecule has 0 amide bonds. The van der Waals surface area contributed by atoms with Crippen LogP contribution in [0.4, 0.5) is 0 Å². The van der Waals surface area contributed by atoms with Crippen molar-refractivity contribution in [2.45, 2.75) is 0 Å². The average Bonchev–Trinajstić information content (AvgIpc) is 2.64. The molecule has 1 aromatic carbocycles. The Labute approximate surface area is 100 Å². The Hall–Kier alpha value is -1.59. The van der Waals surface area contributed by atoms with Gasteiger partial charge in [0.15, 0.2) is 5.15 Å². The summed E-state index contributed by atoms with van der Waals surface area (Å²) in [6, 6.07) is 4.45. The molecule has 0 bridgehead atoms. The number of carbonyl (C=O) groups is 1. The van der Waals surface area contributed by atoms with Crippen molar-refractivity contribution < 1.29 is 9.90 Å². The summed E-state index contributed by atoms with van der Waals surface area (Å²) in [5.41, 5.74) is 0.394. The number of aromatic nitrogens is 3. The van der Waals surface area contributed by atoms with E-state index >= 15 is 0 Å². The zero-order valence-electron chi connectivity index (χ0n) is 7.76. The highest BCUT2D eigenvalue weighted by molar-refractivity contribution is 6.31. The molecule has 0 saturated carbocycles. The highest BCUT2D eigenvalue weighted by atomic mass is 35.5. The molecule has 1 aromatic heterocycles. The molecule has 16 heavy (non-hydrogen) atoms. The third-order valence-electron chi connectivity index (χ3n) is 1.90. The molecule has 2 aromatic rings. The monoisotopic (exact) mass is 257 g/mol. The standard InChI is InChI=1S/C9H5Cl2N3O2/c10-5-1-2-7(6(3-5)9(15)16)14-4-8(11)12-13-14/h1-4H,(H,15,16). The lowest BCUT2D eigenvalue weighted by Gasteiger charge is -2.04. The van der Waals surface area contributed by atoms with Crippen LogP contribution < -0.4 is 0 Å². The van der Waals surface area contributed by atoms with Crippen molar-refractivity contribution in [2.24, 2.45) is 0 Å². The molecule has 0 radical (unpaired) electrons. The number of hydrogen-bond acceptors (Lipinski definition) is 3. The van der Waals surface area contributed by atoms with Crippen molar-refractivity contribution in [1.82, 2.24) is 15.0 Å². The maximum Gasteiger partial charge on any atom is 0.337 e. The van der Waals surface area contributed by atoms with Gasteiger partial charge in [-0.15, -0.1) is 5.10 Å². The summed E-state index contributed by atoms with van der Waals surface area (Å²) in [6.45, 7) is 0. The largest absolute Gasteiger partial charge is 0.478 e. The van der Waals surface area contributed by atoms with Gasteiger partial charge in [-0.1, -0.05) is 28.4 Å². The van der Waals surface area contributed by atoms with Gasteiger partial charge in [0, 0.05) is 5.02 Å². The molecule has 1 N–H and O–H groups in total. The number of hydrogen-bond donors (Lipinski definition) is 1. The smallest absolute Gasteiger partial charge is 0.337 e. The number of rotatable bonds is 2. The van der Waals surface area contributed by atoms with Crippen LogP contribution in [0.1, 0.15) is 10.4 Å². The maximum absolute atomic E-state index is 11.0. The Kier molecular flexibility index (Phi) is 2.80. The van der Waals surface area contributed by atoms with E-state index in [9.17, 15) is 4.79 Å². The normalized spacial score (nSPS) is 10.4. The summed E-state index contributed by atoms with van der Waals surface area (Å²) in [7, 11) is 0. The molecular weight excluding hydrogens is 253 g/mol. The number of carboxylic acid groups (broad SMARTS) is 1. The lowest BCUT2D eigenvalue weighted by atomic mass is 10.2. The van der Waals surface area contributed by atoms with Gasteiger partial charge in [0.25, 0.3) is 0 Å². The fourth-order valence-corrected chi connectivity index (χ4v) is 1.54. The van der Waals surface area contributed by atoms with E-state index in [4.69, 9.17) is 28.3 Å². The van der Waals surface area contributed by atoms with Gasteiger partial charge in [-0.2, -0.15) is 0 Å². The molecule has 5 nitrogen and oxygen atoms in total. The first-order valence-corrected chi connectivity index (χ1v) is 4.94. The van der Waals surface area contributed by atoms with Gasteiger partial charge >= 0.3 is 5.97 Å². The lowest BCUT2D eigenvalue weighted by molar-refractivity contribution is 0.0696. The Balaban J connectivity index is 2.60. The van der Waals surface area contributed by atoms with Gasteiger partial charge in [-0.25, -0.2) is 9.48 Å². The predicted molar refractivity (Wildman–Crippen MR) is 58.3 cm³/mol. The average molecular weight is 258 g/mol. The van der Waals surface area contributed by atoms with Gasteiger partial charge in [-0.3, -0.25) is 0 Å². The Morgan fingerprint density at radius 1 is 1.38 bits per heavy atom. The fourth-order valence-electron chi connectivity index (χ4n) is 1.24. The first kappa shape index (κ1) is 10.9. The zero-order valence-corrected chi connectivity index (χ0v) is 9.27. The summed E-state index contributed by atoms with van der Waals surface area (Å²) < 4.78 is 1.28. The van der Waals surface area contributed by atoms with Crippen molar-refractivity contribution in [3.63, 3.8) is 0 Å². The van der Waals surface area contributed by atoms with Gasteiger partial charge in [-0.05, 0) is 18.2 Å². The molecule has 82 valence electrons. The van der Waals surface area contributed by atoms with E-state index in [2.05, 4.69) is 10.3 Å². The van der Waals surface area contributed by atoms with Crippen molar-refractivity contribution in [3.8, 4) is 5.69 Å². The summed E-state index contributed by atoms with van der Waals surface area (Å²) in [4.78, 5) is 11.0. The predicted octanol–water partition coefficient (Wildman–Crippen LogP) is 2.27. The van der Waals surface area contributed by atoms with Crippen molar-refractivity contribution in [3.05, 3.63) is 40.1 Å². The summed E-state index contributed by atoms with van der Waals surface area (Å²) in [5, 5.41) is 16.8. The minimum absolute atomic E-state index is 0.0362. The Bertz CT molecular complexity index is 553. The second kappa shape index (κ2) is 4.11. The quantitative estimate of drug-likeness (QED) is 0.897. The highest BCUT2D eigenvalue weighted by Gasteiger charge is 2.13. The van der Waals surface area contributed by atoms with Crippen LogP contribution >= 0.6 is 23.2 Å². The van der Waals surface area contributed by atoms with Gasteiger partial charge in [0.1, 0.15) is 0 Å². The van der Waals surface area contributed by atoms with Crippen molar-refractivity contribution >= 4 is 29.2 Å². The van der Waals surface area contributed by atoms with E-state index in [0.29, 0.717) is 10.7 Å². The second-order valence-corrected chi connectivity index (χ2v) is 3.78. The van der Waals surface area contributed by atoms with Crippen LogP contribution in [0.15, 0.2) is 24.4 Å². The molecule has 2 rings (SSSR count). The van der Waals surface area contributed by atoms with Crippen LogP contribution in [0.5, 0.6) is 0 Å². The molecule has 0 aliphatic carbocycles. The van der Waals surface area contributed by atoms with E-state index in [1.807, 2.05) is 0 Å². The first-order valence-electron chi connectivity index (χ1n) is 4.19. The van der Waals surface area contributed by atoms with Crippen LogP contribution in [0.3, 0.4) is 0 Å². The lowest BCUT2D eigenvalue weighted by Crippen LogP contribution is -2.05. The minimum atomic E-state index is -1.09. The zero-order chi connectivity index (χ0) is 11.7. The van der Waals surface area contributed by atoms with Crippen LogP contribution in [0, 0.1) is 0 Å². The molecule has 0 aliphatic heterocycles. The van der Waals surface area contributed by atoms with E-state index in [-0.39, 0.29) is 10.7 Å². The van der Waals surface area contributed by atoms with E-state index < -0.39 is 5.97 Å². The van der Waals surface area contributed by atoms with E-state index in [1.54, 1.807) is 6.07 Å². The molecule has 7 heteroatoms. The van der Waals surface area contributed by atoms with E-state index in [0.717, 1.165) is 0 Å². The Morgan fingerprint density at radius 3 is 2.69 bits per heavy atom. The van der Waals surface area contributed by atoms with E-state index in [1.165, 1.54) is 23.0 Å². The summed E-state index contributed by atoms with van der Waals surface area (Å²) >= 11 is 11.3. The highest BCUT2D eigenvalue weighted by Crippen LogP contribution is 2.20. The first-order chi connectivity index (χ1) is 7.58. The van der Waals surface area contributed by atoms with Gasteiger partial charge in [0.2, 0.25) is 0 Å². The SMILES string of the molecule is O=C(O)c1cc(Cl)ccc1-n1cc(Cl)nn1. The van der Waals surface area contributed by atoms with Crippen LogP contribution in [-0.4, -0.2) is 26.1 Å².